The van der Waals surface area contributed by atoms with Crippen LogP contribution in [-0.4, -0.2) is 12.7 Å². The van der Waals surface area contributed by atoms with Crippen LogP contribution in [-0.2, 0) is 6.54 Å². The molecule has 0 aliphatic carbocycles. The third-order valence-corrected chi connectivity index (χ3v) is 2.64. The maximum atomic E-state index is 13.4. The Morgan fingerprint density at radius 2 is 1.82 bits per heavy atom. The van der Waals surface area contributed by atoms with Crippen molar-refractivity contribution in [1.29, 1.82) is 0 Å². The molecule has 0 amide bonds. The summed E-state index contributed by atoms with van der Waals surface area (Å²) in [5.41, 5.74) is -0.276. The van der Waals surface area contributed by atoms with Gasteiger partial charge in [-0.25, -0.2) is 8.78 Å². The molecule has 1 rings (SSSR count). The van der Waals surface area contributed by atoms with E-state index >= 15 is 0 Å². The van der Waals surface area contributed by atoms with Gasteiger partial charge in [0.15, 0.2) is 0 Å². The first-order valence-corrected chi connectivity index (χ1v) is 5.50. The van der Waals surface area contributed by atoms with Gasteiger partial charge in [0.1, 0.15) is 11.6 Å². The van der Waals surface area contributed by atoms with Crippen LogP contribution in [0.15, 0.2) is 16.6 Å². The van der Waals surface area contributed by atoms with Crippen LogP contribution in [0.5, 0.6) is 0 Å². The molecule has 96 valence electrons. The number of alkyl halides is 3. The van der Waals surface area contributed by atoms with Crippen molar-refractivity contribution in [3.63, 3.8) is 0 Å². The summed E-state index contributed by atoms with van der Waals surface area (Å²) in [7, 11) is 0. The second-order valence-corrected chi connectivity index (χ2v) is 4.22. The first-order chi connectivity index (χ1) is 7.81. The van der Waals surface area contributed by atoms with E-state index in [0.717, 1.165) is 6.07 Å². The van der Waals surface area contributed by atoms with Crippen LogP contribution in [0.3, 0.4) is 0 Å². The molecule has 0 bridgehead atoms. The van der Waals surface area contributed by atoms with Crippen LogP contribution in [0.1, 0.15) is 12.0 Å². The van der Waals surface area contributed by atoms with Gasteiger partial charge in [0.05, 0.1) is 10.9 Å². The molecule has 1 aromatic rings. The van der Waals surface area contributed by atoms with E-state index in [-0.39, 0.29) is 23.1 Å². The molecule has 0 heterocycles. The van der Waals surface area contributed by atoms with E-state index in [2.05, 4.69) is 21.2 Å². The molecule has 7 heteroatoms. The summed E-state index contributed by atoms with van der Waals surface area (Å²) < 4.78 is 62.0. The van der Waals surface area contributed by atoms with Crippen LogP contribution >= 0.6 is 15.9 Å². The Kier molecular flexibility index (Phi) is 4.88. The fraction of sp³-hybridized carbons (Fsp3) is 0.400. The van der Waals surface area contributed by atoms with Gasteiger partial charge < -0.3 is 5.32 Å². The van der Waals surface area contributed by atoms with Crippen molar-refractivity contribution in [3.05, 3.63) is 33.8 Å². The highest BCUT2D eigenvalue weighted by Gasteiger charge is 2.26. The molecular weight excluding hydrogens is 309 g/mol. The van der Waals surface area contributed by atoms with Gasteiger partial charge in [-0.15, -0.1) is 0 Å². The van der Waals surface area contributed by atoms with Gasteiger partial charge in [-0.05, 0) is 28.1 Å². The van der Waals surface area contributed by atoms with Gasteiger partial charge in [-0.2, -0.15) is 13.2 Å². The van der Waals surface area contributed by atoms with E-state index in [1.165, 1.54) is 6.07 Å². The molecule has 1 nitrogen and oxygen atoms in total. The Bertz CT molecular complexity index is 391. The Hall–Kier alpha value is -0.690. The highest BCUT2D eigenvalue weighted by molar-refractivity contribution is 9.10. The van der Waals surface area contributed by atoms with Crippen LogP contribution in [0.4, 0.5) is 22.0 Å². The molecule has 0 saturated heterocycles. The SMILES string of the molecule is Fc1ccc(Br)c(F)c1CNCCC(F)(F)F. The third-order valence-electron chi connectivity index (χ3n) is 2.03. The van der Waals surface area contributed by atoms with Crippen molar-refractivity contribution in [2.75, 3.05) is 6.54 Å². The van der Waals surface area contributed by atoms with Crippen LogP contribution in [0.2, 0.25) is 0 Å². The number of rotatable bonds is 4. The Labute approximate surface area is 103 Å². The predicted octanol–water partition coefficient (Wildman–Crippen LogP) is 3.77. The quantitative estimate of drug-likeness (QED) is 0.506. The minimum atomic E-state index is -4.28. The van der Waals surface area contributed by atoms with Gasteiger partial charge in [0, 0.05) is 18.7 Å². The van der Waals surface area contributed by atoms with E-state index in [1.54, 1.807) is 0 Å². The molecule has 0 saturated carbocycles. The van der Waals surface area contributed by atoms with Crippen LogP contribution in [0, 0.1) is 11.6 Å². The molecular formula is C10H9BrF5N. The topological polar surface area (TPSA) is 12.0 Å². The molecule has 0 aromatic heterocycles. The molecule has 1 aromatic carbocycles. The Morgan fingerprint density at radius 3 is 2.41 bits per heavy atom. The van der Waals surface area contributed by atoms with Crippen molar-refractivity contribution >= 4 is 15.9 Å². The van der Waals surface area contributed by atoms with E-state index in [4.69, 9.17) is 0 Å². The molecule has 0 aliphatic heterocycles. The lowest BCUT2D eigenvalue weighted by molar-refractivity contribution is -0.133. The smallest absolute Gasteiger partial charge is 0.312 e. The standard InChI is InChI=1S/C10H9BrF5N/c11-7-1-2-8(12)6(9(7)13)5-17-4-3-10(14,15)16/h1-2,17H,3-5H2. The summed E-state index contributed by atoms with van der Waals surface area (Å²) in [5.74, 6) is -1.59. The number of hydrogen-bond donors (Lipinski definition) is 1. The maximum absolute atomic E-state index is 13.4. The molecule has 0 fully saturated rings. The minimum Gasteiger partial charge on any atom is -0.312 e. The number of hydrogen-bond acceptors (Lipinski definition) is 1. The number of nitrogens with one attached hydrogen (secondary N) is 1. The second-order valence-electron chi connectivity index (χ2n) is 3.36. The average Bonchev–Trinajstić information content (AvgIpc) is 2.21. The van der Waals surface area contributed by atoms with Gasteiger partial charge in [0.25, 0.3) is 0 Å². The van der Waals surface area contributed by atoms with Gasteiger partial charge >= 0.3 is 6.18 Å². The van der Waals surface area contributed by atoms with Gasteiger partial charge in [0.2, 0.25) is 0 Å². The van der Waals surface area contributed by atoms with Crippen LogP contribution in [0.25, 0.3) is 0 Å². The number of benzene rings is 1. The molecule has 0 aliphatic rings. The van der Waals surface area contributed by atoms with Crippen molar-refractivity contribution in [2.45, 2.75) is 19.1 Å². The van der Waals surface area contributed by atoms with E-state index in [0.29, 0.717) is 0 Å². The normalized spacial score (nSPS) is 11.9. The summed E-state index contributed by atoms with van der Waals surface area (Å²) in [6.45, 7) is -0.665. The van der Waals surface area contributed by atoms with Crippen molar-refractivity contribution in [3.8, 4) is 0 Å². The van der Waals surface area contributed by atoms with E-state index in [9.17, 15) is 22.0 Å². The molecule has 0 radical (unpaired) electrons. The highest BCUT2D eigenvalue weighted by atomic mass is 79.9. The van der Waals surface area contributed by atoms with Gasteiger partial charge in [-0.3, -0.25) is 0 Å². The minimum absolute atomic E-state index is 0.0755. The molecule has 0 spiro atoms. The van der Waals surface area contributed by atoms with Crippen LogP contribution < -0.4 is 5.32 Å². The van der Waals surface area contributed by atoms with E-state index in [1.807, 2.05) is 0 Å². The maximum Gasteiger partial charge on any atom is 0.390 e. The zero-order valence-electron chi connectivity index (χ0n) is 8.54. The molecule has 1 N–H and O–H groups in total. The average molecular weight is 318 g/mol. The Balaban J connectivity index is 2.55. The highest BCUT2D eigenvalue weighted by Crippen LogP contribution is 2.22. The first kappa shape index (κ1) is 14.4. The lowest BCUT2D eigenvalue weighted by Gasteiger charge is -2.09. The zero-order chi connectivity index (χ0) is 13.1. The Morgan fingerprint density at radius 1 is 1.18 bits per heavy atom. The largest absolute Gasteiger partial charge is 0.390 e. The second kappa shape index (κ2) is 5.77. The predicted molar refractivity (Wildman–Crippen MR) is 56.4 cm³/mol. The van der Waals surface area contributed by atoms with Gasteiger partial charge in [-0.1, -0.05) is 0 Å². The summed E-state index contributed by atoms with van der Waals surface area (Å²) in [6, 6.07) is 2.25. The molecule has 0 unspecified atom stereocenters. The van der Waals surface area contributed by atoms with Crippen molar-refractivity contribution in [1.82, 2.24) is 5.32 Å². The first-order valence-electron chi connectivity index (χ1n) is 4.71. The number of halogens is 6. The zero-order valence-corrected chi connectivity index (χ0v) is 10.1. The lowest BCUT2D eigenvalue weighted by atomic mass is 10.2. The fourth-order valence-corrected chi connectivity index (χ4v) is 1.55. The molecule has 17 heavy (non-hydrogen) atoms. The summed E-state index contributed by atoms with van der Waals surface area (Å²) in [4.78, 5) is 0. The molecule has 0 atom stereocenters. The third kappa shape index (κ3) is 4.59. The summed E-state index contributed by atoms with van der Waals surface area (Å²) in [5, 5.41) is 2.35. The van der Waals surface area contributed by atoms with E-state index < -0.39 is 24.2 Å². The van der Waals surface area contributed by atoms with Crippen molar-refractivity contribution in [2.24, 2.45) is 0 Å². The lowest BCUT2D eigenvalue weighted by Crippen LogP contribution is -2.22. The van der Waals surface area contributed by atoms with Crippen molar-refractivity contribution < 1.29 is 22.0 Å². The summed E-state index contributed by atoms with van der Waals surface area (Å²) in [6.07, 6.45) is -5.31. The monoisotopic (exact) mass is 317 g/mol. The fourth-order valence-electron chi connectivity index (χ4n) is 1.17. The summed E-state index contributed by atoms with van der Waals surface area (Å²) >= 11 is 2.87.